The van der Waals surface area contributed by atoms with E-state index in [0.29, 0.717) is 0 Å². The zero-order valence-electron chi connectivity index (χ0n) is 14.2. The number of hydrogen-bond acceptors (Lipinski definition) is 5. The second kappa shape index (κ2) is 8.12. The maximum atomic E-state index is 4.48. The lowest BCUT2D eigenvalue weighted by Gasteiger charge is -2.09. The molecule has 4 rings (SSSR count). The van der Waals surface area contributed by atoms with Gasteiger partial charge >= 0.3 is 0 Å². The fraction of sp³-hybridized carbons (Fsp3) is 0.100. The van der Waals surface area contributed by atoms with Gasteiger partial charge in [0.1, 0.15) is 0 Å². The van der Waals surface area contributed by atoms with Gasteiger partial charge in [-0.3, -0.25) is 4.57 Å². The van der Waals surface area contributed by atoms with E-state index in [1.807, 2.05) is 24.3 Å². The molecule has 2 aromatic heterocycles. The Morgan fingerprint density at radius 2 is 1.73 bits per heavy atom. The molecule has 0 spiro atoms. The summed E-state index contributed by atoms with van der Waals surface area (Å²) in [5, 5.41) is 11.9. The predicted molar refractivity (Wildman–Crippen MR) is 112 cm³/mol. The van der Waals surface area contributed by atoms with E-state index in [2.05, 4.69) is 68.9 Å². The predicted octanol–water partition coefficient (Wildman–Crippen LogP) is 6.01. The fourth-order valence-corrected chi connectivity index (χ4v) is 4.62. The smallest absolute Gasteiger partial charge is 0.196 e. The lowest BCUT2D eigenvalue weighted by Crippen LogP contribution is -1.98. The quantitative estimate of drug-likeness (QED) is 0.374. The Morgan fingerprint density at radius 3 is 2.42 bits per heavy atom. The highest BCUT2D eigenvalue weighted by Gasteiger charge is 2.16. The van der Waals surface area contributed by atoms with Crippen LogP contribution in [-0.4, -0.2) is 21.0 Å². The first-order valence-electron chi connectivity index (χ1n) is 8.15. The van der Waals surface area contributed by atoms with Crippen LogP contribution < -0.4 is 0 Å². The van der Waals surface area contributed by atoms with Crippen molar-refractivity contribution in [3.63, 3.8) is 0 Å². The van der Waals surface area contributed by atoms with Gasteiger partial charge in [-0.15, -0.1) is 33.3 Å². The second-order valence-electron chi connectivity index (χ2n) is 5.59. The molecule has 0 bridgehead atoms. The third-order valence-corrected chi connectivity index (χ3v) is 6.53. The second-order valence-corrected chi connectivity index (χ2v) is 8.36. The minimum atomic E-state index is 0.865. The number of nitrogens with zero attached hydrogens (tertiary/aromatic N) is 3. The largest absolute Gasteiger partial charge is 0.269 e. The molecule has 26 heavy (non-hydrogen) atoms. The molecule has 3 nitrogen and oxygen atoms in total. The Bertz CT molecular complexity index is 961. The molecule has 0 N–H and O–H groups in total. The third kappa shape index (κ3) is 3.72. The molecule has 2 aromatic carbocycles. The van der Waals surface area contributed by atoms with Crippen LogP contribution in [0, 0.1) is 0 Å². The Balaban J connectivity index is 1.65. The highest BCUT2D eigenvalue weighted by atomic mass is 32.2. The third-order valence-electron chi connectivity index (χ3n) is 3.92. The molecule has 4 aromatic rings. The van der Waals surface area contributed by atoms with Crippen molar-refractivity contribution in [2.45, 2.75) is 15.8 Å². The van der Waals surface area contributed by atoms with E-state index in [4.69, 9.17) is 0 Å². The van der Waals surface area contributed by atoms with Gasteiger partial charge in [0.15, 0.2) is 11.0 Å². The topological polar surface area (TPSA) is 30.7 Å². The first kappa shape index (κ1) is 17.4. The minimum absolute atomic E-state index is 0.865. The molecule has 0 unspecified atom stereocenters. The van der Waals surface area contributed by atoms with Crippen LogP contribution in [0.4, 0.5) is 0 Å². The number of thiophene rings is 1. The van der Waals surface area contributed by atoms with Crippen LogP contribution in [0.2, 0.25) is 0 Å². The summed E-state index contributed by atoms with van der Waals surface area (Å²) in [6.45, 7) is 0. The van der Waals surface area contributed by atoms with Crippen molar-refractivity contribution in [1.29, 1.82) is 0 Å². The molecule has 0 atom stereocenters. The molecule has 0 amide bonds. The van der Waals surface area contributed by atoms with E-state index >= 15 is 0 Å². The van der Waals surface area contributed by atoms with E-state index < -0.39 is 0 Å². The number of rotatable bonds is 6. The number of para-hydroxylation sites is 1. The molecule has 6 heteroatoms. The van der Waals surface area contributed by atoms with Crippen LogP contribution in [0.15, 0.2) is 82.2 Å². The van der Waals surface area contributed by atoms with E-state index in [9.17, 15) is 0 Å². The maximum Gasteiger partial charge on any atom is 0.196 e. The molecule has 0 aliphatic carbocycles. The summed E-state index contributed by atoms with van der Waals surface area (Å²) in [6.07, 6.45) is 2.10. The monoisotopic (exact) mass is 395 g/mol. The molecule has 0 aliphatic heterocycles. The van der Waals surface area contributed by atoms with E-state index in [1.54, 1.807) is 34.9 Å². The van der Waals surface area contributed by atoms with Crippen LogP contribution >= 0.6 is 34.9 Å². The normalized spacial score (nSPS) is 11.0. The summed E-state index contributed by atoms with van der Waals surface area (Å²) in [6, 6.07) is 23.1. The minimum Gasteiger partial charge on any atom is -0.269 e. The summed E-state index contributed by atoms with van der Waals surface area (Å²) in [5.74, 6) is 1.76. The molecule has 0 radical (unpaired) electrons. The van der Waals surface area contributed by atoms with Gasteiger partial charge in [0, 0.05) is 16.3 Å². The molecule has 0 aliphatic rings. The fourth-order valence-electron chi connectivity index (χ4n) is 2.61. The number of thioether (sulfide) groups is 2. The highest BCUT2D eigenvalue weighted by Crippen LogP contribution is 2.31. The van der Waals surface area contributed by atoms with Crippen LogP contribution in [0.1, 0.15) is 5.56 Å². The first-order valence-corrected chi connectivity index (χ1v) is 11.2. The molecule has 2 heterocycles. The summed E-state index contributed by atoms with van der Waals surface area (Å²) >= 11 is 5.16. The molecule has 0 fully saturated rings. The van der Waals surface area contributed by atoms with Crippen molar-refractivity contribution in [1.82, 2.24) is 14.8 Å². The van der Waals surface area contributed by atoms with Crippen LogP contribution in [-0.2, 0) is 5.75 Å². The standard InChI is InChI=1S/C20H17N3S3/c1-24-17-11-9-15(10-12-17)14-26-20-22-21-19(18-8-5-13-25-18)23(20)16-6-3-2-4-7-16/h2-13H,14H2,1H3. The SMILES string of the molecule is CSc1ccc(CSc2nnc(-c3cccs3)n2-c2ccccc2)cc1. The van der Waals surface area contributed by atoms with Gasteiger partial charge in [-0.1, -0.05) is 48.2 Å². The number of benzene rings is 2. The summed E-state index contributed by atoms with van der Waals surface area (Å²) in [5.41, 5.74) is 2.37. The lowest BCUT2D eigenvalue weighted by atomic mass is 10.2. The van der Waals surface area contributed by atoms with Crippen molar-refractivity contribution >= 4 is 34.9 Å². The number of aromatic nitrogens is 3. The molecular weight excluding hydrogens is 378 g/mol. The van der Waals surface area contributed by atoms with E-state index in [1.165, 1.54) is 10.5 Å². The average molecular weight is 396 g/mol. The van der Waals surface area contributed by atoms with Gasteiger partial charge in [-0.05, 0) is 47.5 Å². The lowest BCUT2D eigenvalue weighted by molar-refractivity contribution is 0.886. The Hall–Kier alpha value is -2.02. The summed E-state index contributed by atoms with van der Waals surface area (Å²) in [4.78, 5) is 2.41. The maximum absolute atomic E-state index is 4.48. The van der Waals surface area contributed by atoms with Gasteiger partial charge in [0.05, 0.1) is 4.88 Å². The van der Waals surface area contributed by atoms with Crippen molar-refractivity contribution in [3.05, 3.63) is 77.7 Å². The molecule has 130 valence electrons. The Kier molecular flexibility index (Phi) is 5.43. The molecule has 0 saturated carbocycles. The first-order chi connectivity index (χ1) is 12.8. The van der Waals surface area contributed by atoms with Gasteiger partial charge in [0.2, 0.25) is 0 Å². The Labute approximate surface area is 165 Å². The van der Waals surface area contributed by atoms with Crippen molar-refractivity contribution in [3.8, 4) is 16.4 Å². The van der Waals surface area contributed by atoms with Gasteiger partial charge < -0.3 is 0 Å². The zero-order valence-corrected chi connectivity index (χ0v) is 16.7. The zero-order chi connectivity index (χ0) is 17.8. The van der Waals surface area contributed by atoms with Crippen molar-refractivity contribution in [2.24, 2.45) is 0 Å². The summed E-state index contributed by atoms with van der Waals surface area (Å²) in [7, 11) is 0. The van der Waals surface area contributed by atoms with E-state index in [-0.39, 0.29) is 0 Å². The van der Waals surface area contributed by atoms with Crippen molar-refractivity contribution < 1.29 is 0 Å². The van der Waals surface area contributed by atoms with Gasteiger partial charge in [-0.25, -0.2) is 0 Å². The van der Waals surface area contributed by atoms with Crippen LogP contribution in [0.3, 0.4) is 0 Å². The molecular formula is C20H17N3S3. The number of hydrogen-bond donors (Lipinski definition) is 0. The van der Waals surface area contributed by atoms with Gasteiger partial charge in [-0.2, -0.15) is 0 Å². The van der Waals surface area contributed by atoms with Crippen LogP contribution in [0.25, 0.3) is 16.4 Å². The van der Waals surface area contributed by atoms with Gasteiger partial charge in [0.25, 0.3) is 0 Å². The van der Waals surface area contributed by atoms with Crippen LogP contribution in [0.5, 0.6) is 0 Å². The van der Waals surface area contributed by atoms with Crippen molar-refractivity contribution in [2.75, 3.05) is 6.26 Å². The Morgan fingerprint density at radius 1 is 0.923 bits per heavy atom. The molecule has 0 saturated heterocycles. The highest BCUT2D eigenvalue weighted by molar-refractivity contribution is 7.98. The average Bonchev–Trinajstić information content (AvgIpc) is 3.37. The van der Waals surface area contributed by atoms with E-state index in [0.717, 1.165) is 27.3 Å². The summed E-state index contributed by atoms with van der Waals surface area (Å²) < 4.78 is 2.15.